The van der Waals surface area contributed by atoms with E-state index in [-0.39, 0.29) is 37.0 Å². The quantitative estimate of drug-likeness (QED) is 0.365. The van der Waals surface area contributed by atoms with Gasteiger partial charge in [-0.3, -0.25) is 4.79 Å². The zero-order valence-electron chi connectivity index (χ0n) is 24.6. The number of nitrogens with two attached hydrogens (primary N) is 2. The maximum Gasteiger partial charge on any atom is 0.400 e. The molecule has 7 rings (SSSR count). The van der Waals surface area contributed by atoms with Gasteiger partial charge in [0.1, 0.15) is 18.6 Å². The van der Waals surface area contributed by atoms with Crippen LogP contribution in [-0.4, -0.2) is 66.6 Å². The summed E-state index contributed by atoms with van der Waals surface area (Å²) in [4.78, 5) is 43.4. The molecule has 224 valence electrons. The molecule has 1 saturated heterocycles. The number of hydrogen-bond acceptors (Lipinski definition) is 6. The zero-order valence-corrected chi connectivity index (χ0v) is 24.6. The summed E-state index contributed by atoms with van der Waals surface area (Å²) in [5, 5.41) is 0. The first-order valence-corrected chi connectivity index (χ1v) is 15.8. The Kier molecular flexibility index (Phi) is 7.56. The minimum atomic E-state index is -0.0752. The van der Waals surface area contributed by atoms with E-state index in [1.807, 2.05) is 23.5 Å². The van der Waals surface area contributed by atoms with Crippen LogP contribution in [0.25, 0.3) is 11.1 Å². The first-order chi connectivity index (χ1) is 21.0. The highest BCUT2D eigenvalue weighted by molar-refractivity contribution is 5.79. The molecule has 2 aromatic heterocycles. The number of likely N-dealkylation sites (tertiary alicyclic amines) is 1. The molecule has 4 heterocycles. The van der Waals surface area contributed by atoms with E-state index in [9.17, 15) is 9.59 Å². The molecule has 3 aliphatic carbocycles. The van der Waals surface area contributed by atoms with E-state index in [0.29, 0.717) is 12.0 Å². The Morgan fingerprint density at radius 2 is 1.47 bits per heavy atom. The molecule has 2 aliphatic heterocycles. The molecule has 5 aliphatic rings. The van der Waals surface area contributed by atoms with Crippen LogP contribution in [0.3, 0.4) is 0 Å². The summed E-state index contributed by atoms with van der Waals surface area (Å²) in [6.45, 7) is 0.0586. The van der Waals surface area contributed by atoms with E-state index in [1.54, 1.807) is 4.58 Å². The minimum Gasteiger partial charge on any atom is -0.341 e. The predicted octanol–water partition coefficient (Wildman–Crippen LogP) is 3.84. The lowest BCUT2D eigenvalue weighted by Gasteiger charge is -2.34. The molecule has 43 heavy (non-hydrogen) atoms. The van der Waals surface area contributed by atoms with Gasteiger partial charge in [-0.2, -0.15) is 4.58 Å². The topological polar surface area (TPSA) is 150 Å². The number of amides is 2. The Labute approximate surface area is 251 Å². The van der Waals surface area contributed by atoms with Gasteiger partial charge in [-0.05, 0) is 79.6 Å². The standard InChI is InChI=1S/C33H41N8O2/c34-16-29(42)40-14-2-1-3-28(40)32-36-18-26(38-32)22-8-4-20(5-9-22)21-6-10-23(11-7-21)27-19-37-33(39-27)31-24-12-13-25(15-24)41(31)30(43)17-35/h4,6,8,10,14,18-19,24-25,28,31H,1-3,5,7,9,11-13,15-17,34-35H2,(H,36,38)(H,37,39)/q+1. The lowest BCUT2D eigenvalue weighted by molar-refractivity contribution is -0.497. The number of carbonyl (C=O) groups is 2. The van der Waals surface area contributed by atoms with Gasteiger partial charge in [-0.15, -0.1) is 0 Å². The molecule has 4 atom stereocenters. The summed E-state index contributed by atoms with van der Waals surface area (Å²) >= 11 is 0. The van der Waals surface area contributed by atoms with Crippen molar-refractivity contribution in [2.45, 2.75) is 82.3 Å². The highest BCUT2D eigenvalue weighted by Gasteiger charge is 2.49. The Morgan fingerprint density at radius 1 is 0.837 bits per heavy atom. The number of hydrogen-bond donors (Lipinski definition) is 4. The number of rotatable bonds is 7. The smallest absolute Gasteiger partial charge is 0.341 e. The Bertz CT molecular complexity index is 1590. The molecule has 0 radical (unpaired) electrons. The van der Waals surface area contributed by atoms with Crippen LogP contribution in [0.1, 0.15) is 99.3 Å². The van der Waals surface area contributed by atoms with Crippen LogP contribution >= 0.6 is 0 Å². The lowest BCUT2D eigenvalue weighted by atomic mass is 9.86. The molecule has 2 bridgehead atoms. The van der Waals surface area contributed by atoms with Crippen LogP contribution in [0.5, 0.6) is 0 Å². The molecular weight excluding hydrogens is 540 g/mol. The summed E-state index contributed by atoms with van der Waals surface area (Å²) in [7, 11) is 0. The largest absolute Gasteiger partial charge is 0.400 e. The van der Waals surface area contributed by atoms with Crippen molar-refractivity contribution in [2.24, 2.45) is 17.4 Å². The fourth-order valence-electron chi connectivity index (χ4n) is 7.84. The number of allylic oxidation sites excluding steroid dienone is 8. The molecule has 10 nitrogen and oxygen atoms in total. The summed E-state index contributed by atoms with van der Waals surface area (Å²) in [5.41, 5.74) is 18.7. The summed E-state index contributed by atoms with van der Waals surface area (Å²) in [6.07, 6.45) is 24.7. The fraction of sp³-hybridized carbons (Fsp3) is 0.485. The minimum absolute atomic E-state index is 0.00611. The normalized spacial score (nSPS) is 26.9. The Morgan fingerprint density at radius 3 is 2.09 bits per heavy atom. The predicted molar refractivity (Wildman–Crippen MR) is 165 cm³/mol. The van der Waals surface area contributed by atoms with Crippen molar-refractivity contribution in [1.29, 1.82) is 0 Å². The van der Waals surface area contributed by atoms with Gasteiger partial charge in [0.15, 0.2) is 5.82 Å². The average Bonchev–Trinajstić information content (AvgIpc) is 3.89. The maximum absolute atomic E-state index is 12.6. The van der Waals surface area contributed by atoms with Crippen molar-refractivity contribution in [3.63, 3.8) is 0 Å². The van der Waals surface area contributed by atoms with Gasteiger partial charge in [0.05, 0.1) is 36.4 Å². The van der Waals surface area contributed by atoms with Crippen LogP contribution in [0, 0.1) is 5.92 Å². The van der Waals surface area contributed by atoms with Crippen molar-refractivity contribution in [3.05, 3.63) is 70.9 Å². The number of carbonyl (C=O) groups excluding carboxylic acids is 2. The number of aromatic amines is 2. The third-order valence-corrected chi connectivity index (χ3v) is 10.0. The highest BCUT2D eigenvalue weighted by atomic mass is 16.2. The summed E-state index contributed by atoms with van der Waals surface area (Å²) in [5.74, 6) is 2.16. The molecular formula is C33H41N8O2+. The van der Waals surface area contributed by atoms with Gasteiger partial charge in [0.2, 0.25) is 11.9 Å². The second-order valence-electron chi connectivity index (χ2n) is 12.4. The van der Waals surface area contributed by atoms with Crippen molar-refractivity contribution in [2.75, 3.05) is 13.1 Å². The van der Waals surface area contributed by atoms with Crippen LogP contribution in [0.4, 0.5) is 0 Å². The van der Waals surface area contributed by atoms with Gasteiger partial charge in [-0.1, -0.05) is 24.3 Å². The number of fused-ring (bicyclic) bond motifs is 2. The van der Waals surface area contributed by atoms with Gasteiger partial charge in [-0.25, -0.2) is 14.8 Å². The third kappa shape index (κ3) is 5.16. The molecule has 0 spiro atoms. The van der Waals surface area contributed by atoms with Crippen LogP contribution in [-0.2, 0) is 9.59 Å². The van der Waals surface area contributed by atoms with Crippen LogP contribution < -0.4 is 11.5 Å². The number of aromatic nitrogens is 4. The summed E-state index contributed by atoms with van der Waals surface area (Å²) < 4.78 is 1.76. The number of H-pyrrole nitrogens is 2. The molecule has 10 heteroatoms. The van der Waals surface area contributed by atoms with Crippen molar-refractivity contribution in [3.8, 4) is 0 Å². The van der Waals surface area contributed by atoms with Gasteiger partial charge in [0, 0.05) is 18.9 Å². The first-order valence-electron chi connectivity index (χ1n) is 15.8. The maximum atomic E-state index is 12.6. The number of nitrogens with one attached hydrogen (secondary N) is 2. The average molecular weight is 582 g/mol. The molecule has 2 aromatic rings. The van der Waals surface area contributed by atoms with Crippen LogP contribution in [0.15, 0.2) is 47.8 Å². The Balaban J connectivity index is 1.04. The second-order valence-corrected chi connectivity index (χ2v) is 12.4. The van der Waals surface area contributed by atoms with E-state index >= 15 is 0 Å². The first kappa shape index (κ1) is 27.9. The third-order valence-electron chi connectivity index (χ3n) is 10.0. The van der Waals surface area contributed by atoms with E-state index in [0.717, 1.165) is 87.2 Å². The number of nitrogens with zero attached hydrogens (tertiary/aromatic N) is 4. The number of imidazole rings is 2. The highest BCUT2D eigenvalue weighted by Crippen LogP contribution is 2.49. The van der Waals surface area contributed by atoms with E-state index in [4.69, 9.17) is 16.5 Å². The van der Waals surface area contributed by atoms with Crippen LogP contribution in [0.2, 0.25) is 0 Å². The van der Waals surface area contributed by atoms with Gasteiger partial charge in [0.25, 0.3) is 0 Å². The number of piperidine rings is 1. The zero-order chi connectivity index (χ0) is 29.5. The second kappa shape index (κ2) is 11.7. The molecule has 2 amide bonds. The van der Waals surface area contributed by atoms with E-state index in [2.05, 4.69) is 39.3 Å². The van der Waals surface area contributed by atoms with Crippen molar-refractivity contribution in [1.82, 2.24) is 24.8 Å². The molecule has 6 N–H and O–H groups in total. The Hall–Kier alpha value is -3.89. The molecule has 4 unspecified atom stereocenters. The van der Waals surface area contributed by atoms with Crippen molar-refractivity contribution < 1.29 is 14.2 Å². The molecule has 1 saturated carbocycles. The molecule has 2 fully saturated rings. The SMILES string of the molecule is NCC(=O)N1C2CCC(C2)C1c1ncc(C2=CC=C(C3=CC=C(c4cnc(C5CCCC=[N+]5C(=O)CN)[nH]4)CC3)CC2)[nH]1. The lowest BCUT2D eigenvalue weighted by Crippen LogP contribution is -2.43. The van der Waals surface area contributed by atoms with E-state index in [1.165, 1.54) is 22.3 Å². The monoisotopic (exact) mass is 581 g/mol. The van der Waals surface area contributed by atoms with E-state index < -0.39 is 0 Å². The van der Waals surface area contributed by atoms with Gasteiger partial charge < -0.3 is 26.3 Å². The van der Waals surface area contributed by atoms with Gasteiger partial charge >= 0.3 is 5.91 Å². The molecule has 0 aromatic carbocycles. The summed E-state index contributed by atoms with van der Waals surface area (Å²) in [6, 6.07) is 0.251. The fourth-order valence-corrected chi connectivity index (χ4v) is 7.84. The van der Waals surface area contributed by atoms with Crippen molar-refractivity contribution >= 4 is 29.2 Å².